The molecule has 108 valence electrons. The van der Waals surface area contributed by atoms with Gasteiger partial charge in [0, 0.05) is 16.6 Å². The highest BCUT2D eigenvalue weighted by Gasteiger charge is 2.11. The Hall–Kier alpha value is -1.68. The number of ether oxygens (including phenoxy) is 1. The second-order valence-corrected chi connectivity index (χ2v) is 5.70. The van der Waals surface area contributed by atoms with Gasteiger partial charge in [-0.15, -0.1) is 11.3 Å². The van der Waals surface area contributed by atoms with Crippen LogP contribution in [0.4, 0.5) is 11.4 Å². The van der Waals surface area contributed by atoms with Crippen molar-refractivity contribution in [3.63, 3.8) is 0 Å². The van der Waals surface area contributed by atoms with E-state index in [0.717, 1.165) is 24.3 Å². The number of hydrogen-bond acceptors (Lipinski definition) is 4. The molecule has 1 aromatic carbocycles. The van der Waals surface area contributed by atoms with Gasteiger partial charge in [0.05, 0.1) is 18.3 Å². The minimum Gasteiger partial charge on any atom is -0.491 e. The Bertz CT molecular complexity index is 525. The molecule has 1 atom stereocenters. The van der Waals surface area contributed by atoms with Crippen LogP contribution in [0.15, 0.2) is 35.7 Å². The van der Waals surface area contributed by atoms with Gasteiger partial charge in [-0.25, -0.2) is 0 Å². The van der Waals surface area contributed by atoms with Crippen LogP contribution in [0, 0.1) is 0 Å². The van der Waals surface area contributed by atoms with E-state index in [9.17, 15) is 0 Å². The van der Waals surface area contributed by atoms with E-state index >= 15 is 0 Å². The maximum atomic E-state index is 5.94. The van der Waals surface area contributed by atoms with E-state index in [1.165, 1.54) is 4.88 Å². The molecule has 0 bridgehead atoms. The molecule has 3 N–H and O–H groups in total. The van der Waals surface area contributed by atoms with E-state index in [4.69, 9.17) is 10.5 Å². The van der Waals surface area contributed by atoms with Gasteiger partial charge in [-0.2, -0.15) is 0 Å². The summed E-state index contributed by atoms with van der Waals surface area (Å²) in [6.07, 6.45) is 2.01. The smallest absolute Gasteiger partial charge is 0.144 e. The molecule has 0 radical (unpaired) electrons. The van der Waals surface area contributed by atoms with Crippen LogP contribution < -0.4 is 15.8 Å². The predicted octanol–water partition coefficient (Wildman–Crippen LogP) is 4.68. The number of nitrogen functional groups attached to an aromatic ring is 1. The van der Waals surface area contributed by atoms with Crippen molar-refractivity contribution < 1.29 is 4.74 Å². The highest BCUT2D eigenvalue weighted by molar-refractivity contribution is 7.10. The fourth-order valence-electron chi connectivity index (χ4n) is 2.03. The van der Waals surface area contributed by atoms with E-state index in [-0.39, 0.29) is 0 Å². The van der Waals surface area contributed by atoms with Gasteiger partial charge >= 0.3 is 0 Å². The molecular weight excluding hydrogens is 268 g/mol. The van der Waals surface area contributed by atoms with Crippen molar-refractivity contribution in [2.24, 2.45) is 0 Å². The summed E-state index contributed by atoms with van der Waals surface area (Å²) >= 11 is 1.78. The minimum atomic E-state index is 0.331. The largest absolute Gasteiger partial charge is 0.491 e. The summed E-state index contributed by atoms with van der Waals surface area (Å²) in [5, 5.41) is 5.66. The van der Waals surface area contributed by atoms with Crippen molar-refractivity contribution in [2.45, 2.75) is 32.7 Å². The molecule has 0 aliphatic rings. The molecule has 0 fully saturated rings. The molecule has 3 nitrogen and oxygen atoms in total. The normalized spacial score (nSPS) is 12.1. The Kier molecular flexibility index (Phi) is 5.30. The quantitative estimate of drug-likeness (QED) is 0.728. The second kappa shape index (κ2) is 7.20. The summed E-state index contributed by atoms with van der Waals surface area (Å²) in [5.41, 5.74) is 7.67. The number of rotatable bonds is 7. The fourth-order valence-corrected chi connectivity index (χ4v) is 2.89. The van der Waals surface area contributed by atoms with E-state index in [2.05, 4.69) is 36.7 Å². The number of thiophene rings is 1. The Morgan fingerprint density at radius 2 is 2.15 bits per heavy atom. The maximum Gasteiger partial charge on any atom is 0.144 e. The lowest BCUT2D eigenvalue weighted by Gasteiger charge is -2.18. The van der Waals surface area contributed by atoms with Crippen molar-refractivity contribution in [3.05, 3.63) is 40.6 Å². The van der Waals surface area contributed by atoms with E-state index < -0.39 is 0 Å². The van der Waals surface area contributed by atoms with E-state index in [0.29, 0.717) is 18.3 Å². The molecule has 1 aromatic heterocycles. The average molecular weight is 290 g/mol. The fraction of sp³-hybridized carbons (Fsp3) is 0.375. The van der Waals surface area contributed by atoms with Gasteiger partial charge in [0.1, 0.15) is 5.75 Å². The highest BCUT2D eigenvalue weighted by Crippen LogP contribution is 2.30. The molecule has 20 heavy (non-hydrogen) atoms. The number of hydrogen-bond donors (Lipinski definition) is 2. The van der Waals surface area contributed by atoms with E-state index in [1.807, 2.05) is 18.2 Å². The van der Waals surface area contributed by atoms with Crippen molar-refractivity contribution in [1.82, 2.24) is 0 Å². The molecule has 0 amide bonds. The SMILES string of the molecule is CCCOc1cc(NC(CC)c2cccs2)ccc1N. The standard InChI is InChI=1S/C16H22N2OS/c1-3-9-19-15-11-12(7-8-13(15)17)18-14(4-2)16-6-5-10-20-16/h5-8,10-11,14,18H,3-4,9,17H2,1-2H3. The van der Waals surface area contributed by atoms with Crippen LogP contribution in [0.25, 0.3) is 0 Å². The summed E-state index contributed by atoms with van der Waals surface area (Å²) in [7, 11) is 0. The van der Waals surface area contributed by atoms with Crippen molar-refractivity contribution in [3.8, 4) is 5.75 Å². The van der Waals surface area contributed by atoms with Crippen LogP contribution in [0.2, 0.25) is 0 Å². The van der Waals surface area contributed by atoms with Crippen LogP contribution >= 0.6 is 11.3 Å². The highest BCUT2D eigenvalue weighted by atomic mass is 32.1. The van der Waals surface area contributed by atoms with Gasteiger partial charge in [0.2, 0.25) is 0 Å². The second-order valence-electron chi connectivity index (χ2n) is 4.72. The first-order valence-corrected chi connectivity index (χ1v) is 7.94. The molecule has 0 aliphatic heterocycles. The summed E-state index contributed by atoms with van der Waals surface area (Å²) in [6, 6.07) is 10.5. The number of benzene rings is 1. The molecule has 1 unspecified atom stereocenters. The third-order valence-corrected chi connectivity index (χ3v) is 4.10. The Balaban J connectivity index is 2.12. The molecule has 2 rings (SSSR count). The van der Waals surface area contributed by atoms with Crippen LogP contribution in [0.5, 0.6) is 5.75 Å². The first-order chi connectivity index (χ1) is 9.74. The first-order valence-electron chi connectivity index (χ1n) is 7.06. The lowest BCUT2D eigenvalue weighted by atomic mass is 10.1. The monoisotopic (exact) mass is 290 g/mol. The van der Waals surface area contributed by atoms with Crippen molar-refractivity contribution in [1.29, 1.82) is 0 Å². The molecule has 0 saturated carbocycles. The summed E-state index contributed by atoms with van der Waals surface area (Å²) in [6.45, 7) is 4.96. The van der Waals surface area contributed by atoms with Gasteiger partial charge in [0.15, 0.2) is 0 Å². The van der Waals surface area contributed by atoms with Crippen LogP contribution in [-0.2, 0) is 0 Å². The summed E-state index contributed by atoms with van der Waals surface area (Å²) in [5.74, 6) is 0.762. The zero-order valence-corrected chi connectivity index (χ0v) is 12.9. The molecule has 1 heterocycles. The molecular formula is C16H22N2OS. The van der Waals surface area contributed by atoms with Gasteiger partial charge in [-0.3, -0.25) is 0 Å². The number of nitrogens with one attached hydrogen (secondary N) is 1. The lowest BCUT2D eigenvalue weighted by Crippen LogP contribution is -2.08. The van der Waals surface area contributed by atoms with Gasteiger partial charge < -0.3 is 15.8 Å². The third kappa shape index (κ3) is 3.67. The Morgan fingerprint density at radius 3 is 2.80 bits per heavy atom. The third-order valence-electron chi connectivity index (χ3n) is 3.11. The first kappa shape index (κ1) is 14.7. The number of nitrogens with two attached hydrogens (primary N) is 1. The van der Waals surface area contributed by atoms with E-state index in [1.54, 1.807) is 11.3 Å². The van der Waals surface area contributed by atoms with Crippen molar-refractivity contribution >= 4 is 22.7 Å². The summed E-state index contributed by atoms with van der Waals surface area (Å²) in [4.78, 5) is 1.35. The minimum absolute atomic E-state index is 0.331. The predicted molar refractivity (Wildman–Crippen MR) is 87.6 cm³/mol. The zero-order chi connectivity index (χ0) is 14.4. The zero-order valence-electron chi connectivity index (χ0n) is 12.1. The Labute approximate surface area is 124 Å². The van der Waals surface area contributed by atoms with Crippen LogP contribution in [0.1, 0.15) is 37.6 Å². The maximum absolute atomic E-state index is 5.94. The molecule has 0 aliphatic carbocycles. The van der Waals surface area contributed by atoms with Gasteiger partial charge in [-0.1, -0.05) is 19.9 Å². The average Bonchev–Trinajstić information content (AvgIpc) is 2.99. The van der Waals surface area contributed by atoms with Crippen LogP contribution in [0.3, 0.4) is 0 Å². The summed E-state index contributed by atoms with van der Waals surface area (Å²) < 4.78 is 5.67. The van der Waals surface area contributed by atoms with Gasteiger partial charge in [-0.05, 0) is 36.4 Å². The molecule has 2 aromatic rings. The molecule has 4 heteroatoms. The Morgan fingerprint density at radius 1 is 1.30 bits per heavy atom. The molecule has 0 saturated heterocycles. The topological polar surface area (TPSA) is 47.3 Å². The lowest BCUT2D eigenvalue weighted by molar-refractivity contribution is 0.319. The molecule has 0 spiro atoms. The van der Waals surface area contributed by atoms with Crippen molar-refractivity contribution in [2.75, 3.05) is 17.7 Å². The van der Waals surface area contributed by atoms with Gasteiger partial charge in [0.25, 0.3) is 0 Å². The van der Waals surface area contributed by atoms with Crippen LogP contribution in [-0.4, -0.2) is 6.61 Å². The number of anilines is 2.